The van der Waals surface area contributed by atoms with Crippen LogP contribution in [0.5, 0.6) is 0 Å². The summed E-state index contributed by atoms with van der Waals surface area (Å²) in [4.78, 5) is 23.2. The van der Waals surface area contributed by atoms with Crippen LogP contribution in [0.4, 0.5) is 0 Å². The van der Waals surface area contributed by atoms with Crippen molar-refractivity contribution in [1.82, 2.24) is 0 Å². The molecule has 0 heterocycles. The molecule has 5 heteroatoms. The van der Waals surface area contributed by atoms with Gasteiger partial charge in [-0.25, -0.2) is 9.59 Å². The maximum atomic E-state index is 11.7. The summed E-state index contributed by atoms with van der Waals surface area (Å²) < 4.78 is 9.55. The highest BCUT2D eigenvalue weighted by atomic mass is 16.5. The molecule has 94 valence electrons. The lowest BCUT2D eigenvalue weighted by molar-refractivity contribution is 0.0483. The number of ether oxygens (including phenoxy) is 2. The first kappa shape index (κ1) is 13.7. The number of carbonyl (C=O) groups excluding carboxylic acids is 2. The third kappa shape index (κ3) is 3.59. The van der Waals surface area contributed by atoms with Gasteiger partial charge in [0.1, 0.15) is 0 Å². The van der Waals surface area contributed by atoms with E-state index in [1.165, 1.54) is 19.2 Å². The quantitative estimate of drug-likeness (QED) is 0.587. The zero-order valence-electron chi connectivity index (χ0n) is 10.0. The molecule has 0 saturated heterocycles. The second-order valence-electron chi connectivity index (χ2n) is 3.43. The van der Waals surface area contributed by atoms with Gasteiger partial charge in [0.25, 0.3) is 0 Å². The normalized spacial score (nSPS) is 9.33. The molecule has 0 unspecified atom stereocenters. The van der Waals surface area contributed by atoms with Gasteiger partial charge in [0.2, 0.25) is 0 Å². The smallest absolute Gasteiger partial charge is 0.339 e. The highest BCUT2D eigenvalue weighted by molar-refractivity contribution is 6.03. The number of nitrogens with zero attached hydrogens (tertiary/aromatic N) is 1. The Bertz CT molecular complexity index is 476. The van der Waals surface area contributed by atoms with Crippen LogP contribution < -0.4 is 0 Å². The predicted octanol–water partition coefficient (Wildman–Crippen LogP) is 1.93. The lowest BCUT2D eigenvalue weighted by Crippen LogP contribution is -2.13. The van der Waals surface area contributed by atoms with Gasteiger partial charge in [-0.15, -0.1) is 0 Å². The summed E-state index contributed by atoms with van der Waals surface area (Å²) in [5.41, 5.74) is 0.339. The van der Waals surface area contributed by atoms with E-state index in [0.717, 1.165) is 0 Å². The first-order valence-corrected chi connectivity index (χ1v) is 5.42. The van der Waals surface area contributed by atoms with Gasteiger partial charge in [-0.05, 0) is 18.6 Å². The molecule has 0 aliphatic carbocycles. The zero-order valence-corrected chi connectivity index (χ0v) is 10.0. The first-order valence-electron chi connectivity index (χ1n) is 5.42. The van der Waals surface area contributed by atoms with E-state index in [1.54, 1.807) is 12.1 Å². The molecule has 0 N–H and O–H groups in total. The first-order chi connectivity index (χ1) is 8.70. The molecule has 1 aromatic carbocycles. The molecule has 0 aliphatic heterocycles. The number of rotatable bonds is 5. The summed E-state index contributed by atoms with van der Waals surface area (Å²) in [6.45, 7) is 0.155. The third-order valence-electron chi connectivity index (χ3n) is 2.22. The second-order valence-corrected chi connectivity index (χ2v) is 3.43. The molecule has 0 saturated carbocycles. The molecular weight excluding hydrogens is 234 g/mol. The maximum Gasteiger partial charge on any atom is 0.339 e. The highest BCUT2D eigenvalue weighted by Gasteiger charge is 2.17. The average molecular weight is 247 g/mol. The molecule has 0 spiro atoms. The largest absolute Gasteiger partial charge is 0.465 e. The minimum absolute atomic E-state index is 0.155. The average Bonchev–Trinajstić information content (AvgIpc) is 2.42. The fourth-order valence-electron chi connectivity index (χ4n) is 1.34. The van der Waals surface area contributed by atoms with Crippen LogP contribution in [-0.2, 0) is 9.47 Å². The number of hydrogen-bond acceptors (Lipinski definition) is 5. The van der Waals surface area contributed by atoms with Crippen LogP contribution in [-0.4, -0.2) is 25.7 Å². The summed E-state index contributed by atoms with van der Waals surface area (Å²) in [5.74, 6) is -1.17. The summed E-state index contributed by atoms with van der Waals surface area (Å²) >= 11 is 0. The van der Waals surface area contributed by atoms with Crippen molar-refractivity contribution < 1.29 is 19.1 Å². The Balaban J connectivity index is 2.73. The van der Waals surface area contributed by atoms with E-state index < -0.39 is 11.9 Å². The zero-order chi connectivity index (χ0) is 13.4. The van der Waals surface area contributed by atoms with Crippen LogP contribution in [0.3, 0.4) is 0 Å². The van der Waals surface area contributed by atoms with E-state index in [9.17, 15) is 9.59 Å². The maximum absolute atomic E-state index is 11.7. The molecule has 0 fully saturated rings. The molecule has 0 aromatic heterocycles. The fraction of sp³-hybridized carbons (Fsp3) is 0.308. The number of hydrogen-bond donors (Lipinski definition) is 0. The topological polar surface area (TPSA) is 76.4 Å². The van der Waals surface area contributed by atoms with Gasteiger partial charge in [-0.2, -0.15) is 5.26 Å². The van der Waals surface area contributed by atoms with Crippen molar-refractivity contribution in [3.05, 3.63) is 35.4 Å². The van der Waals surface area contributed by atoms with Crippen LogP contribution in [0.15, 0.2) is 24.3 Å². The van der Waals surface area contributed by atoms with E-state index in [1.807, 2.05) is 6.07 Å². The lowest BCUT2D eigenvalue weighted by atomic mass is 10.1. The Kier molecular flexibility index (Phi) is 5.39. The van der Waals surface area contributed by atoms with Crippen molar-refractivity contribution in [3.63, 3.8) is 0 Å². The van der Waals surface area contributed by atoms with Crippen molar-refractivity contribution in [2.75, 3.05) is 13.7 Å². The van der Waals surface area contributed by atoms with Crippen LogP contribution in [0.1, 0.15) is 33.6 Å². The number of nitriles is 1. The standard InChI is InChI=1S/C13H13NO4/c1-17-12(15)10-6-2-3-7-11(10)13(16)18-9-5-4-8-14/h2-3,6-7H,4-5,9H2,1H3. The molecular formula is C13H13NO4. The van der Waals surface area contributed by atoms with E-state index in [4.69, 9.17) is 10.00 Å². The Morgan fingerprint density at radius 3 is 2.39 bits per heavy atom. The lowest BCUT2D eigenvalue weighted by Gasteiger charge is -2.07. The third-order valence-corrected chi connectivity index (χ3v) is 2.22. The van der Waals surface area contributed by atoms with Gasteiger partial charge in [-0.1, -0.05) is 12.1 Å². The van der Waals surface area contributed by atoms with Gasteiger partial charge in [-0.3, -0.25) is 0 Å². The van der Waals surface area contributed by atoms with Crippen LogP contribution >= 0.6 is 0 Å². The molecule has 0 radical (unpaired) electrons. The molecule has 5 nitrogen and oxygen atoms in total. The molecule has 1 aromatic rings. The van der Waals surface area contributed by atoms with E-state index in [-0.39, 0.29) is 17.7 Å². The van der Waals surface area contributed by atoms with E-state index in [0.29, 0.717) is 12.8 Å². The van der Waals surface area contributed by atoms with Crippen LogP contribution in [0.2, 0.25) is 0 Å². The van der Waals surface area contributed by atoms with Crippen LogP contribution in [0.25, 0.3) is 0 Å². The minimum atomic E-state index is -0.589. The molecule has 0 bridgehead atoms. The Hall–Kier alpha value is -2.35. The van der Waals surface area contributed by atoms with Crippen molar-refractivity contribution in [1.29, 1.82) is 5.26 Å². The molecule has 1 rings (SSSR count). The predicted molar refractivity (Wildman–Crippen MR) is 62.9 cm³/mol. The van der Waals surface area contributed by atoms with Crippen molar-refractivity contribution in [3.8, 4) is 6.07 Å². The van der Waals surface area contributed by atoms with Gasteiger partial charge in [0, 0.05) is 6.42 Å². The monoisotopic (exact) mass is 247 g/mol. The fourth-order valence-corrected chi connectivity index (χ4v) is 1.34. The number of benzene rings is 1. The van der Waals surface area contributed by atoms with E-state index in [2.05, 4.69) is 4.74 Å². The molecule has 0 amide bonds. The summed E-state index contributed by atoms with van der Waals surface area (Å²) in [6, 6.07) is 8.23. The molecule has 18 heavy (non-hydrogen) atoms. The Morgan fingerprint density at radius 2 is 1.83 bits per heavy atom. The second kappa shape index (κ2) is 7.07. The number of esters is 2. The van der Waals surface area contributed by atoms with Crippen molar-refractivity contribution in [2.45, 2.75) is 12.8 Å². The molecule has 0 aliphatic rings. The van der Waals surface area contributed by atoms with Gasteiger partial charge in [0.15, 0.2) is 0 Å². The van der Waals surface area contributed by atoms with E-state index >= 15 is 0 Å². The van der Waals surface area contributed by atoms with Crippen LogP contribution in [0, 0.1) is 11.3 Å². The number of unbranched alkanes of at least 4 members (excludes halogenated alkanes) is 1. The van der Waals surface area contributed by atoms with Crippen molar-refractivity contribution >= 4 is 11.9 Å². The molecule has 0 atom stereocenters. The Labute approximate surface area is 105 Å². The summed E-state index contributed by atoms with van der Waals surface area (Å²) in [7, 11) is 1.25. The summed E-state index contributed by atoms with van der Waals surface area (Å²) in [5, 5.41) is 8.35. The number of carbonyl (C=O) groups is 2. The number of methoxy groups -OCH3 is 1. The van der Waals surface area contributed by atoms with Gasteiger partial charge < -0.3 is 9.47 Å². The van der Waals surface area contributed by atoms with Gasteiger partial charge >= 0.3 is 11.9 Å². The highest BCUT2D eigenvalue weighted by Crippen LogP contribution is 2.11. The Morgan fingerprint density at radius 1 is 1.22 bits per heavy atom. The summed E-state index contributed by atoms with van der Waals surface area (Å²) in [6.07, 6.45) is 0.800. The van der Waals surface area contributed by atoms with Crippen molar-refractivity contribution in [2.24, 2.45) is 0 Å². The van der Waals surface area contributed by atoms with Gasteiger partial charge in [0.05, 0.1) is 30.9 Å². The minimum Gasteiger partial charge on any atom is -0.465 e. The SMILES string of the molecule is COC(=O)c1ccccc1C(=O)OCCCC#N.